The highest BCUT2D eigenvalue weighted by Crippen LogP contribution is 2.44. The second kappa shape index (κ2) is 11.1. The highest BCUT2D eigenvalue weighted by atomic mass is 32.2. The van der Waals surface area contributed by atoms with E-state index in [1.165, 1.54) is 16.6 Å². The standard InChI is InChI=1S/C27H33N5O2S2/c1-6-32-24(17(2)34-19-10-8-7-9-11-19)30-31-26(32)35-16-23(33)29-25-21(15-28)20-13-12-18(27(3,4)5)14-22(20)36-25/h7-11,17-18H,6,12-14,16H2,1-5H3,(H,29,33)/t17-,18-/m1/s1. The lowest BCUT2D eigenvalue weighted by molar-refractivity contribution is -0.113. The van der Waals surface area contributed by atoms with Crippen LogP contribution in [0.4, 0.5) is 5.00 Å². The summed E-state index contributed by atoms with van der Waals surface area (Å²) < 4.78 is 7.99. The lowest BCUT2D eigenvalue weighted by Crippen LogP contribution is -2.26. The van der Waals surface area contributed by atoms with Gasteiger partial charge in [-0.05, 0) is 62.1 Å². The van der Waals surface area contributed by atoms with Gasteiger partial charge in [0.15, 0.2) is 17.1 Å². The number of para-hydroxylation sites is 1. The number of nitrogens with zero attached hydrogens (tertiary/aromatic N) is 4. The van der Waals surface area contributed by atoms with Crippen molar-refractivity contribution >= 4 is 34.0 Å². The van der Waals surface area contributed by atoms with Gasteiger partial charge >= 0.3 is 0 Å². The summed E-state index contributed by atoms with van der Waals surface area (Å²) in [5.41, 5.74) is 1.98. The summed E-state index contributed by atoms with van der Waals surface area (Å²) >= 11 is 2.90. The molecule has 9 heteroatoms. The van der Waals surface area contributed by atoms with Crippen molar-refractivity contribution in [3.8, 4) is 11.8 Å². The molecule has 4 rings (SSSR count). The fraction of sp³-hybridized carbons (Fsp3) is 0.481. The number of aromatic nitrogens is 3. The minimum absolute atomic E-state index is 0.150. The van der Waals surface area contributed by atoms with Gasteiger partial charge in [-0.3, -0.25) is 4.79 Å². The van der Waals surface area contributed by atoms with Crippen molar-refractivity contribution < 1.29 is 9.53 Å². The van der Waals surface area contributed by atoms with Gasteiger partial charge in [-0.25, -0.2) is 0 Å². The van der Waals surface area contributed by atoms with Gasteiger partial charge in [0.1, 0.15) is 16.8 Å². The number of amides is 1. The Morgan fingerprint density at radius 3 is 2.75 bits per heavy atom. The van der Waals surface area contributed by atoms with Crippen LogP contribution in [0.5, 0.6) is 5.75 Å². The van der Waals surface area contributed by atoms with Gasteiger partial charge in [-0.2, -0.15) is 5.26 Å². The van der Waals surface area contributed by atoms with E-state index in [0.29, 0.717) is 28.2 Å². The Hall–Kier alpha value is -2.83. The third-order valence-electron chi connectivity index (χ3n) is 6.67. The van der Waals surface area contributed by atoms with E-state index < -0.39 is 0 Å². The molecular weight excluding hydrogens is 490 g/mol. The minimum atomic E-state index is -0.282. The molecule has 0 bridgehead atoms. The molecule has 0 unspecified atom stereocenters. The fourth-order valence-corrected chi connectivity index (χ4v) is 6.69. The predicted octanol–water partition coefficient (Wildman–Crippen LogP) is 6.25. The molecule has 190 valence electrons. The first-order chi connectivity index (χ1) is 17.2. The molecular formula is C27H33N5O2S2. The van der Waals surface area contributed by atoms with Crippen molar-refractivity contribution in [2.75, 3.05) is 11.1 Å². The number of carbonyl (C=O) groups excluding carboxylic acids is 1. The first-order valence-corrected chi connectivity index (χ1v) is 14.1. The van der Waals surface area contributed by atoms with Gasteiger partial charge in [-0.1, -0.05) is 50.7 Å². The zero-order valence-corrected chi connectivity index (χ0v) is 23.1. The Labute approximate surface area is 221 Å². The molecule has 0 aliphatic heterocycles. The number of thioether (sulfide) groups is 1. The number of benzene rings is 1. The highest BCUT2D eigenvalue weighted by Gasteiger charge is 2.32. The molecule has 1 aliphatic carbocycles. The van der Waals surface area contributed by atoms with E-state index in [9.17, 15) is 10.1 Å². The SMILES string of the molecule is CCn1c(SCC(=O)Nc2sc3c(c2C#N)CC[C@@H](C(C)(C)C)C3)nnc1[C@@H](C)Oc1ccccc1. The maximum Gasteiger partial charge on any atom is 0.235 e. The molecule has 0 fully saturated rings. The van der Waals surface area contributed by atoms with Crippen molar-refractivity contribution in [3.05, 3.63) is 52.2 Å². The number of carbonyl (C=O) groups is 1. The average molecular weight is 524 g/mol. The summed E-state index contributed by atoms with van der Waals surface area (Å²) in [5, 5.41) is 22.8. The number of anilines is 1. The van der Waals surface area contributed by atoms with Crippen LogP contribution >= 0.6 is 23.1 Å². The Balaban J connectivity index is 1.41. The van der Waals surface area contributed by atoms with Crippen LogP contribution in [0.1, 0.15) is 69.0 Å². The molecule has 36 heavy (non-hydrogen) atoms. The van der Waals surface area contributed by atoms with Gasteiger partial charge in [0.2, 0.25) is 5.91 Å². The number of fused-ring (bicyclic) bond motifs is 1. The molecule has 1 aromatic carbocycles. The third-order valence-corrected chi connectivity index (χ3v) is 8.81. The number of thiophene rings is 1. The van der Waals surface area contributed by atoms with Crippen LogP contribution < -0.4 is 10.1 Å². The van der Waals surface area contributed by atoms with Crippen molar-refractivity contribution in [1.29, 1.82) is 5.26 Å². The van der Waals surface area contributed by atoms with E-state index in [1.807, 2.05) is 48.7 Å². The fourth-order valence-electron chi connectivity index (χ4n) is 4.58. The first-order valence-electron chi connectivity index (χ1n) is 12.3. The summed E-state index contributed by atoms with van der Waals surface area (Å²) in [7, 11) is 0. The van der Waals surface area contributed by atoms with E-state index in [1.54, 1.807) is 11.3 Å². The molecule has 2 heterocycles. The van der Waals surface area contributed by atoms with Crippen LogP contribution in [-0.2, 0) is 24.2 Å². The largest absolute Gasteiger partial charge is 0.483 e. The summed E-state index contributed by atoms with van der Waals surface area (Å²) in [6.45, 7) is 11.5. The molecule has 2 aromatic heterocycles. The van der Waals surface area contributed by atoms with Gasteiger partial charge in [-0.15, -0.1) is 21.5 Å². The molecule has 1 N–H and O–H groups in total. The van der Waals surface area contributed by atoms with Crippen LogP contribution in [0.15, 0.2) is 35.5 Å². The normalized spacial score (nSPS) is 16.2. The van der Waals surface area contributed by atoms with E-state index in [4.69, 9.17) is 4.74 Å². The molecule has 1 aliphatic rings. The number of hydrogen-bond acceptors (Lipinski definition) is 7. The van der Waals surface area contributed by atoms with Crippen LogP contribution in [0, 0.1) is 22.7 Å². The number of nitriles is 1. The Kier molecular flexibility index (Phi) is 8.06. The lowest BCUT2D eigenvalue weighted by Gasteiger charge is -2.33. The van der Waals surface area contributed by atoms with Crippen LogP contribution in [0.2, 0.25) is 0 Å². The van der Waals surface area contributed by atoms with E-state index in [-0.39, 0.29) is 23.2 Å². The molecule has 0 spiro atoms. The van der Waals surface area contributed by atoms with E-state index >= 15 is 0 Å². The maximum absolute atomic E-state index is 12.9. The van der Waals surface area contributed by atoms with Crippen molar-refractivity contribution in [1.82, 2.24) is 14.8 Å². The maximum atomic E-state index is 12.9. The second-order valence-electron chi connectivity index (χ2n) is 10.1. The lowest BCUT2D eigenvalue weighted by atomic mass is 9.72. The van der Waals surface area contributed by atoms with Crippen molar-refractivity contribution in [2.45, 2.75) is 71.7 Å². The number of ether oxygens (including phenoxy) is 1. The molecule has 1 amide bonds. The topological polar surface area (TPSA) is 92.8 Å². The first kappa shape index (κ1) is 26.2. The smallest absolute Gasteiger partial charge is 0.235 e. The summed E-state index contributed by atoms with van der Waals surface area (Å²) in [6, 6.07) is 12.0. The van der Waals surface area contributed by atoms with Crippen LogP contribution in [0.3, 0.4) is 0 Å². The predicted molar refractivity (Wildman–Crippen MR) is 145 cm³/mol. The summed E-state index contributed by atoms with van der Waals surface area (Å²) in [4.78, 5) is 14.1. The average Bonchev–Trinajstić information content (AvgIpc) is 3.42. The molecule has 0 saturated heterocycles. The highest BCUT2D eigenvalue weighted by molar-refractivity contribution is 7.99. The van der Waals surface area contributed by atoms with E-state index in [2.05, 4.69) is 42.4 Å². The number of hydrogen-bond donors (Lipinski definition) is 1. The quantitative estimate of drug-likeness (QED) is 0.351. The monoisotopic (exact) mass is 523 g/mol. The second-order valence-corrected chi connectivity index (χ2v) is 12.2. The molecule has 7 nitrogen and oxygen atoms in total. The summed E-state index contributed by atoms with van der Waals surface area (Å²) in [5.74, 6) is 2.10. The molecule has 0 radical (unpaired) electrons. The molecule has 3 aromatic rings. The molecule has 2 atom stereocenters. The number of nitrogens with one attached hydrogen (secondary N) is 1. The Morgan fingerprint density at radius 2 is 2.08 bits per heavy atom. The van der Waals surface area contributed by atoms with Gasteiger partial charge in [0.25, 0.3) is 0 Å². The van der Waals surface area contributed by atoms with Crippen LogP contribution in [-0.4, -0.2) is 26.4 Å². The third kappa shape index (κ3) is 5.76. The van der Waals surface area contributed by atoms with Gasteiger partial charge < -0.3 is 14.6 Å². The molecule has 0 saturated carbocycles. The van der Waals surface area contributed by atoms with E-state index in [0.717, 1.165) is 36.4 Å². The minimum Gasteiger partial charge on any atom is -0.483 e. The summed E-state index contributed by atoms with van der Waals surface area (Å²) in [6.07, 6.45) is 2.66. The zero-order chi connectivity index (χ0) is 25.9. The van der Waals surface area contributed by atoms with Crippen LogP contribution in [0.25, 0.3) is 0 Å². The van der Waals surface area contributed by atoms with Crippen molar-refractivity contribution in [2.24, 2.45) is 11.3 Å². The Morgan fingerprint density at radius 1 is 1.33 bits per heavy atom. The van der Waals surface area contributed by atoms with Gasteiger partial charge in [0.05, 0.1) is 11.3 Å². The number of rotatable bonds is 8. The Bertz CT molecular complexity index is 1250. The van der Waals surface area contributed by atoms with Gasteiger partial charge in [0, 0.05) is 11.4 Å². The van der Waals surface area contributed by atoms with Crippen molar-refractivity contribution in [3.63, 3.8) is 0 Å². The zero-order valence-electron chi connectivity index (χ0n) is 21.5.